The van der Waals surface area contributed by atoms with E-state index < -0.39 is 32.5 Å². The molecule has 2 N–H and O–H groups in total. The normalized spacial score (nSPS) is 15.6. The van der Waals surface area contributed by atoms with Crippen molar-refractivity contribution in [3.63, 3.8) is 0 Å². The standard InChI is InChI=1S/C35H37NO7S/c1-34(2,3)23-18-20(19-24(32(23)38)35(4,5)6)10-9-17-43-26-13-7-11-21-15-16-25(36-30(21)26)29-31(37)22-12-8-14-27(44(40,41)42)28(22)33(29)39/h7-8,11-16,18-19,29,38H,9-10,17H2,1-6H3,(H,40,41,42). The molecule has 0 aliphatic heterocycles. The Labute approximate surface area is 257 Å². The summed E-state index contributed by atoms with van der Waals surface area (Å²) >= 11 is 0. The van der Waals surface area contributed by atoms with Gasteiger partial charge in [-0.25, -0.2) is 4.98 Å². The molecule has 1 aromatic heterocycles. The largest absolute Gasteiger partial charge is 0.507 e. The minimum Gasteiger partial charge on any atom is -0.507 e. The van der Waals surface area contributed by atoms with Crippen LogP contribution in [-0.4, -0.2) is 41.2 Å². The zero-order chi connectivity index (χ0) is 32.2. The SMILES string of the molecule is CC(C)(C)c1cc(CCCOc2cccc3ccc(C4C(=O)c5cccc(S(=O)(=O)O)c5C4=O)nc23)cc(C(C)(C)C)c1O. The second kappa shape index (κ2) is 11.1. The molecule has 1 unspecified atom stereocenters. The maximum Gasteiger partial charge on any atom is 0.295 e. The van der Waals surface area contributed by atoms with Gasteiger partial charge in [-0.3, -0.25) is 14.1 Å². The summed E-state index contributed by atoms with van der Waals surface area (Å²) in [6.45, 7) is 12.9. The number of ketones is 2. The van der Waals surface area contributed by atoms with E-state index >= 15 is 0 Å². The molecule has 1 aliphatic carbocycles. The first-order valence-corrected chi connectivity index (χ1v) is 16.0. The number of ether oxygens (including phenoxy) is 1. The Hall–Kier alpha value is -4.08. The number of hydrogen-bond donors (Lipinski definition) is 2. The van der Waals surface area contributed by atoms with Gasteiger partial charge >= 0.3 is 0 Å². The number of fused-ring (bicyclic) bond motifs is 2. The van der Waals surface area contributed by atoms with Crippen molar-refractivity contribution in [3.8, 4) is 11.5 Å². The van der Waals surface area contributed by atoms with Crippen LogP contribution in [0.5, 0.6) is 11.5 Å². The highest BCUT2D eigenvalue weighted by Gasteiger charge is 2.43. The van der Waals surface area contributed by atoms with Gasteiger partial charge in [-0.1, -0.05) is 84.0 Å². The lowest BCUT2D eigenvalue weighted by Crippen LogP contribution is -2.18. The van der Waals surface area contributed by atoms with E-state index in [2.05, 4.69) is 58.7 Å². The number of para-hydroxylation sites is 1. The third kappa shape index (κ3) is 5.86. The molecule has 44 heavy (non-hydrogen) atoms. The minimum absolute atomic E-state index is 0.0555. The zero-order valence-corrected chi connectivity index (χ0v) is 26.6. The van der Waals surface area contributed by atoms with Crippen LogP contribution in [0, 0.1) is 0 Å². The minimum atomic E-state index is -4.71. The fourth-order valence-electron chi connectivity index (χ4n) is 5.75. The summed E-state index contributed by atoms with van der Waals surface area (Å²) in [6, 6.07) is 16.7. The van der Waals surface area contributed by atoms with Crippen molar-refractivity contribution in [3.05, 3.63) is 94.2 Å². The van der Waals surface area contributed by atoms with Gasteiger partial charge in [-0.15, -0.1) is 0 Å². The fraction of sp³-hybridized carbons (Fsp3) is 0.343. The van der Waals surface area contributed by atoms with E-state index in [-0.39, 0.29) is 27.7 Å². The number of phenolic OH excluding ortho intramolecular Hbond substituents is 1. The molecule has 4 aromatic rings. The molecule has 1 atom stereocenters. The van der Waals surface area contributed by atoms with Crippen molar-refractivity contribution in [2.24, 2.45) is 0 Å². The third-order valence-electron chi connectivity index (χ3n) is 7.99. The highest BCUT2D eigenvalue weighted by Crippen LogP contribution is 2.40. The molecule has 1 aliphatic rings. The highest BCUT2D eigenvalue weighted by molar-refractivity contribution is 7.86. The summed E-state index contributed by atoms with van der Waals surface area (Å²) < 4.78 is 39.6. The first kappa shape index (κ1) is 31.3. The summed E-state index contributed by atoms with van der Waals surface area (Å²) in [5.74, 6) is -1.77. The number of nitrogens with zero attached hydrogens (tertiary/aromatic N) is 1. The molecule has 1 heterocycles. The first-order chi connectivity index (χ1) is 20.5. The number of rotatable bonds is 7. The predicted octanol–water partition coefficient (Wildman–Crippen LogP) is 6.96. The number of hydrogen-bond acceptors (Lipinski definition) is 7. The number of benzene rings is 3. The molecule has 3 aromatic carbocycles. The summed E-state index contributed by atoms with van der Waals surface area (Å²) in [5.41, 5.74) is 2.78. The molecule has 0 spiro atoms. The van der Waals surface area contributed by atoms with Gasteiger partial charge in [0, 0.05) is 10.9 Å². The molecule has 230 valence electrons. The van der Waals surface area contributed by atoms with Crippen LogP contribution in [0.25, 0.3) is 10.9 Å². The second-order valence-corrected chi connectivity index (χ2v) is 14.8. The smallest absolute Gasteiger partial charge is 0.295 e. The average Bonchev–Trinajstić information content (AvgIpc) is 3.19. The lowest BCUT2D eigenvalue weighted by molar-refractivity contribution is 0.0886. The van der Waals surface area contributed by atoms with Crippen LogP contribution < -0.4 is 4.74 Å². The Balaban J connectivity index is 1.38. The van der Waals surface area contributed by atoms with Crippen LogP contribution in [0.1, 0.15) is 97.0 Å². The molecule has 8 nitrogen and oxygen atoms in total. The molecule has 0 bridgehead atoms. The molecular formula is C35H37NO7S. The zero-order valence-electron chi connectivity index (χ0n) is 25.8. The molecule has 5 rings (SSSR count). The maximum atomic E-state index is 13.4. The van der Waals surface area contributed by atoms with Gasteiger partial charge in [0.1, 0.15) is 27.8 Å². The number of carbonyl (C=O) groups excluding carboxylic acids is 2. The van der Waals surface area contributed by atoms with E-state index in [9.17, 15) is 27.7 Å². The fourth-order valence-corrected chi connectivity index (χ4v) is 6.46. The summed E-state index contributed by atoms with van der Waals surface area (Å²) in [4.78, 5) is 30.7. The van der Waals surface area contributed by atoms with Crippen LogP contribution >= 0.6 is 0 Å². The Kier molecular flexibility index (Phi) is 7.93. The Morgan fingerprint density at radius 1 is 0.864 bits per heavy atom. The van der Waals surface area contributed by atoms with Crippen molar-refractivity contribution >= 4 is 32.6 Å². The second-order valence-electron chi connectivity index (χ2n) is 13.4. The molecule has 0 fully saturated rings. The Morgan fingerprint density at radius 3 is 2.11 bits per heavy atom. The van der Waals surface area contributed by atoms with Gasteiger partial charge in [0.15, 0.2) is 11.6 Å². The molecule has 0 amide bonds. The molecule has 0 saturated carbocycles. The van der Waals surface area contributed by atoms with Gasteiger partial charge in [0.25, 0.3) is 10.1 Å². The lowest BCUT2D eigenvalue weighted by Gasteiger charge is -2.28. The topological polar surface area (TPSA) is 131 Å². The highest BCUT2D eigenvalue weighted by atomic mass is 32.2. The van der Waals surface area contributed by atoms with Crippen LogP contribution in [0.3, 0.4) is 0 Å². The van der Waals surface area contributed by atoms with Crippen LogP contribution in [0.2, 0.25) is 0 Å². The molecule has 0 radical (unpaired) electrons. The Morgan fingerprint density at radius 2 is 1.50 bits per heavy atom. The Bertz CT molecular complexity index is 1880. The van der Waals surface area contributed by atoms with E-state index in [4.69, 9.17) is 4.74 Å². The van der Waals surface area contributed by atoms with Crippen molar-refractivity contribution < 1.29 is 32.4 Å². The van der Waals surface area contributed by atoms with Gasteiger partial charge in [-0.2, -0.15) is 8.42 Å². The van der Waals surface area contributed by atoms with E-state index in [1.165, 1.54) is 12.1 Å². The number of Topliss-reactive ketones (excluding diaryl/α,β-unsaturated/α-hetero) is 2. The van der Waals surface area contributed by atoms with Crippen molar-refractivity contribution in [1.29, 1.82) is 0 Å². The lowest BCUT2D eigenvalue weighted by atomic mass is 9.78. The van der Waals surface area contributed by atoms with Crippen molar-refractivity contribution in [1.82, 2.24) is 4.98 Å². The number of aryl methyl sites for hydroxylation is 1. The predicted molar refractivity (Wildman–Crippen MR) is 169 cm³/mol. The van der Waals surface area contributed by atoms with Gasteiger partial charge in [0.2, 0.25) is 0 Å². The average molecular weight is 616 g/mol. The van der Waals surface area contributed by atoms with Crippen LogP contribution in [-0.2, 0) is 27.4 Å². The van der Waals surface area contributed by atoms with Gasteiger partial charge in [-0.05, 0) is 58.6 Å². The van der Waals surface area contributed by atoms with E-state index in [1.807, 2.05) is 12.1 Å². The summed E-state index contributed by atoms with van der Waals surface area (Å²) in [6.07, 6.45) is 1.43. The number of aromatic nitrogens is 1. The first-order valence-electron chi connectivity index (χ1n) is 14.6. The number of aromatic hydroxyl groups is 1. The van der Waals surface area contributed by atoms with Crippen molar-refractivity contribution in [2.75, 3.05) is 6.61 Å². The van der Waals surface area contributed by atoms with Gasteiger partial charge in [0.05, 0.1) is 17.9 Å². The van der Waals surface area contributed by atoms with Crippen LogP contribution in [0.15, 0.2) is 65.6 Å². The van der Waals surface area contributed by atoms with Crippen LogP contribution in [0.4, 0.5) is 0 Å². The molecule has 0 saturated heterocycles. The quantitative estimate of drug-likeness (QED) is 0.130. The maximum absolute atomic E-state index is 13.4. The molecular weight excluding hydrogens is 578 g/mol. The monoisotopic (exact) mass is 615 g/mol. The van der Waals surface area contributed by atoms with E-state index in [0.29, 0.717) is 30.0 Å². The number of phenols is 1. The van der Waals surface area contributed by atoms with Gasteiger partial charge < -0.3 is 9.84 Å². The summed E-state index contributed by atoms with van der Waals surface area (Å²) in [7, 11) is -4.71. The van der Waals surface area contributed by atoms with E-state index in [1.54, 1.807) is 18.2 Å². The number of carbonyl (C=O) groups is 2. The number of pyridine rings is 1. The third-order valence-corrected chi connectivity index (χ3v) is 8.89. The molecule has 9 heteroatoms. The summed E-state index contributed by atoms with van der Waals surface area (Å²) in [5, 5.41) is 11.8. The van der Waals surface area contributed by atoms with Crippen molar-refractivity contribution in [2.45, 2.75) is 76.0 Å². The van der Waals surface area contributed by atoms with E-state index in [0.717, 1.165) is 34.6 Å².